The number of nitrogens with zero attached hydrogens (tertiary/aromatic N) is 3. The van der Waals surface area contributed by atoms with E-state index in [1.165, 1.54) is 24.3 Å². The van der Waals surface area contributed by atoms with E-state index in [1.807, 2.05) is 0 Å². The first-order valence-corrected chi connectivity index (χ1v) is 11.8. The average molecular weight is 517 g/mol. The second-order valence-corrected chi connectivity index (χ2v) is 8.80. The molecule has 11 heteroatoms. The van der Waals surface area contributed by atoms with E-state index in [0.717, 1.165) is 37.8 Å². The van der Waals surface area contributed by atoms with E-state index in [2.05, 4.69) is 30.9 Å². The molecular formula is C25H24ClF3N6O. The van der Waals surface area contributed by atoms with E-state index in [9.17, 15) is 18.0 Å². The van der Waals surface area contributed by atoms with Crippen molar-refractivity contribution < 1.29 is 18.0 Å². The van der Waals surface area contributed by atoms with Gasteiger partial charge >= 0.3 is 0 Å². The zero-order valence-electron chi connectivity index (χ0n) is 19.1. The average Bonchev–Trinajstić information content (AvgIpc) is 2.87. The van der Waals surface area contributed by atoms with Crippen molar-refractivity contribution in [1.29, 1.82) is 0 Å². The third-order valence-corrected chi connectivity index (χ3v) is 6.16. The van der Waals surface area contributed by atoms with E-state index in [4.69, 9.17) is 11.6 Å². The zero-order chi connectivity index (χ0) is 25.5. The largest absolute Gasteiger partial charge is 0.353 e. The Hall–Kier alpha value is -3.66. The van der Waals surface area contributed by atoms with Crippen molar-refractivity contribution in [2.75, 3.05) is 5.32 Å². The number of nitrogens with one attached hydrogen (secondary N) is 3. The van der Waals surface area contributed by atoms with Gasteiger partial charge in [0.25, 0.3) is 5.91 Å². The summed E-state index contributed by atoms with van der Waals surface area (Å²) in [5.74, 6) is -2.66. The molecule has 4 rings (SSSR count). The summed E-state index contributed by atoms with van der Waals surface area (Å²) < 4.78 is 40.3. The maximum atomic E-state index is 13.6. The van der Waals surface area contributed by atoms with Gasteiger partial charge in [0, 0.05) is 41.6 Å². The van der Waals surface area contributed by atoms with Crippen molar-refractivity contribution in [2.45, 2.75) is 44.3 Å². The molecule has 1 saturated carbocycles. The summed E-state index contributed by atoms with van der Waals surface area (Å²) in [7, 11) is 0. The molecule has 1 fully saturated rings. The molecular weight excluding hydrogens is 493 g/mol. The van der Waals surface area contributed by atoms with Crippen LogP contribution in [-0.2, 0) is 6.54 Å². The minimum atomic E-state index is -1.13. The fourth-order valence-corrected chi connectivity index (χ4v) is 4.13. The van der Waals surface area contributed by atoms with Gasteiger partial charge in [0.1, 0.15) is 5.82 Å². The second-order valence-electron chi connectivity index (χ2n) is 8.39. The minimum absolute atomic E-state index is 0.00688. The maximum Gasteiger partial charge on any atom is 0.280 e. The number of rotatable bonds is 6. The lowest BCUT2D eigenvalue weighted by molar-refractivity contribution is 0.100. The Morgan fingerprint density at radius 3 is 2.39 bits per heavy atom. The molecule has 0 saturated heterocycles. The van der Waals surface area contributed by atoms with Gasteiger partial charge in [-0.15, -0.1) is 0 Å². The van der Waals surface area contributed by atoms with E-state index in [0.29, 0.717) is 11.5 Å². The monoisotopic (exact) mass is 516 g/mol. The molecule has 0 aliphatic heterocycles. The van der Waals surface area contributed by atoms with Gasteiger partial charge in [-0.1, -0.05) is 17.7 Å². The molecule has 1 aliphatic rings. The number of hydrogen-bond donors (Lipinski definition) is 3. The van der Waals surface area contributed by atoms with E-state index in [1.54, 1.807) is 18.5 Å². The number of benzene rings is 2. The van der Waals surface area contributed by atoms with Gasteiger partial charge in [-0.25, -0.2) is 23.1 Å². The lowest BCUT2D eigenvalue weighted by Crippen LogP contribution is -2.46. The zero-order valence-corrected chi connectivity index (χ0v) is 19.9. The number of carbonyl (C=O) groups excluding carboxylic acids is 1. The van der Waals surface area contributed by atoms with Gasteiger partial charge in [-0.3, -0.25) is 4.79 Å². The first-order chi connectivity index (χ1) is 17.4. The summed E-state index contributed by atoms with van der Waals surface area (Å²) in [6.45, 7) is 0.165. The molecule has 0 bridgehead atoms. The molecule has 3 aromatic rings. The van der Waals surface area contributed by atoms with Gasteiger partial charge < -0.3 is 16.0 Å². The highest BCUT2D eigenvalue weighted by molar-refractivity contribution is 6.31. The topological polar surface area (TPSA) is 91.3 Å². The molecule has 3 N–H and O–H groups in total. The summed E-state index contributed by atoms with van der Waals surface area (Å²) in [4.78, 5) is 25.1. The number of hydrogen-bond acceptors (Lipinski definition) is 4. The molecule has 0 radical (unpaired) electrons. The first-order valence-electron chi connectivity index (χ1n) is 11.4. The Morgan fingerprint density at radius 2 is 1.69 bits per heavy atom. The third-order valence-electron chi connectivity index (χ3n) is 5.81. The molecule has 36 heavy (non-hydrogen) atoms. The lowest BCUT2D eigenvalue weighted by Gasteiger charge is -2.30. The van der Waals surface area contributed by atoms with Gasteiger partial charge in [-0.05, 0) is 67.6 Å². The molecule has 2 aromatic carbocycles. The second kappa shape index (κ2) is 11.9. The van der Waals surface area contributed by atoms with Crippen LogP contribution in [0.5, 0.6) is 0 Å². The van der Waals surface area contributed by atoms with Crippen LogP contribution in [0.3, 0.4) is 0 Å². The number of halogens is 4. The smallest absolute Gasteiger partial charge is 0.280 e. The number of carbonyl (C=O) groups is 1. The van der Waals surface area contributed by atoms with Crippen LogP contribution in [0.1, 0.15) is 41.6 Å². The van der Waals surface area contributed by atoms with Crippen LogP contribution >= 0.6 is 11.6 Å². The fraction of sp³-hybridized carbons (Fsp3) is 0.280. The van der Waals surface area contributed by atoms with Crippen molar-refractivity contribution in [2.24, 2.45) is 4.99 Å². The van der Waals surface area contributed by atoms with E-state index in [-0.39, 0.29) is 35.2 Å². The van der Waals surface area contributed by atoms with Gasteiger partial charge in [0.05, 0.1) is 0 Å². The SMILES string of the molecule is O=C(/N=C(/NCc1ccc(F)cc1Cl)N[C@H]1CC[C@H](Nc2ncccn2)CC1)c1ccc(F)c(F)c1. The highest BCUT2D eigenvalue weighted by Crippen LogP contribution is 2.21. The van der Waals surface area contributed by atoms with Crippen LogP contribution in [0.25, 0.3) is 0 Å². The van der Waals surface area contributed by atoms with Crippen LogP contribution in [0.2, 0.25) is 5.02 Å². The molecule has 0 unspecified atom stereocenters. The van der Waals surface area contributed by atoms with Crippen LogP contribution < -0.4 is 16.0 Å². The van der Waals surface area contributed by atoms with E-state index < -0.39 is 23.4 Å². The van der Waals surface area contributed by atoms with Crippen LogP contribution in [0, 0.1) is 17.5 Å². The highest BCUT2D eigenvalue weighted by Gasteiger charge is 2.23. The van der Waals surface area contributed by atoms with Crippen molar-refractivity contribution in [3.8, 4) is 0 Å². The Morgan fingerprint density at radius 1 is 0.972 bits per heavy atom. The quantitative estimate of drug-likeness (QED) is 0.320. The van der Waals surface area contributed by atoms with E-state index >= 15 is 0 Å². The molecule has 188 valence electrons. The van der Waals surface area contributed by atoms with Crippen molar-refractivity contribution in [3.05, 3.63) is 88.5 Å². The van der Waals surface area contributed by atoms with Crippen molar-refractivity contribution in [3.63, 3.8) is 0 Å². The van der Waals surface area contributed by atoms with Gasteiger partial charge in [0.2, 0.25) is 5.95 Å². The number of aliphatic imine (C=N–C) groups is 1. The molecule has 1 aliphatic carbocycles. The number of anilines is 1. The Balaban J connectivity index is 1.44. The van der Waals surface area contributed by atoms with Crippen LogP contribution in [-0.4, -0.2) is 33.9 Å². The first kappa shape index (κ1) is 25.4. The predicted octanol–water partition coefficient (Wildman–Crippen LogP) is 4.85. The highest BCUT2D eigenvalue weighted by atomic mass is 35.5. The molecule has 0 spiro atoms. The maximum absolute atomic E-state index is 13.6. The predicted molar refractivity (Wildman–Crippen MR) is 131 cm³/mol. The fourth-order valence-electron chi connectivity index (χ4n) is 3.89. The van der Waals surface area contributed by atoms with Crippen molar-refractivity contribution in [1.82, 2.24) is 20.6 Å². The number of guanidine groups is 1. The Bertz CT molecular complexity index is 1240. The Kier molecular flexibility index (Phi) is 8.37. The molecule has 7 nitrogen and oxygen atoms in total. The molecule has 1 heterocycles. The molecule has 0 atom stereocenters. The summed E-state index contributed by atoms with van der Waals surface area (Å²) in [5, 5.41) is 9.81. The molecule has 1 aromatic heterocycles. The lowest BCUT2D eigenvalue weighted by atomic mass is 9.91. The number of amides is 1. The van der Waals surface area contributed by atoms with Crippen LogP contribution in [0.4, 0.5) is 19.1 Å². The molecule has 1 amide bonds. The number of aromatic nitrogens is 2. The summed E-state index contributed by atoms with van der Waals surface area (Å²) in [6.07, 6.45) is 6.58. The van der Waals surface area contributed by atoms with Crippen molar-refractivity contribution >= 4 is 29.4 Å². The Labute approximate surface area is 211 Å². The summed E-state index contributed by atoms with van der Waals surface area (Å²) in [5.41, 5.74) is 0.509. The third kappa shape index (κ3) is 6.94. The summed E-state index contributed by atoms with van der Waals surface area (Å²) >= 11 is 6.12. The minimum Gasteiger partial charge on any atom is -0.353 e. The van der Waals surface area contributed by atoms with Gasteiger partial charge in [-0.2, -0.15) is 4.99 Å². The standard InChI is InChI=1S/C25H24ClF3N6O/c26-20-13-17(27)4-2-16(20)14-32-25(35-23(36)15-3-9-21(28)22(29)12-15)34-19-7-5-18(6-8-19)33-24-30-10-1-11-31-24/h1-4,9-13,18-19H,5-8,14H2,(H,30,31,33)(H2,32,34,35,36)/t18-,19-. The normalized spacial score (nSPS) is 17.9. The summed E-state index contributed by atoms with van der Waals surface area (Å²) in [6, 6.07) is 8.82. The van der Waals surface area contributed by atoms with Crippen LogP contribution in [0.15, 0.2) is 59.9 Å². The van der Waals surface area contributed by atoms with Gasteiger partial charge in [0.15, 0.2) is 17.6 Å².